The van der Waals surface area contributed by atoms with Crippen molar-refractivity contribution in [3.63, 3.8) is 0 Å². The zero-order chi connectivity index (χ0) is 19.2. The van der Waals surface area contributed by atoms with Crippen LogP contribution in [-0.4, -0.2) is 29.4 Å². The van der Waals surface area contributed by atoms with Gasteiger partial charge in [0.2, 0.25) is 5.13 Å². The molecule has 2 N–H and O–H groups in total. The Hall–Kier alpha value is -2.38. The predicted molar refractivity (Wildman–Crippen MR) is 118 cm³/mol. The molecule has 1 aromatic heterocycles. The highest BCUT2D eigenvalue weighted by molar-refractivity contribution is 9.10. The SMILES string of the molecule is CCN(CC)c1ccc(/C=N/Nc2nc(-c3ccc(Br)cc3)cs2)c(O)c1. The molecule has 0 unspecified atom stereocenters. The Morgan fingerprint density at radius 1 is 1.19 bits per heavy atom. The molecule has 3 aromatic rings. The summed E-state index contributed by atoms with van der Waals surface area (Å²) in [7, 11) is 0. The summed E-state index contributed by atoms with van der Waals surface area (Å²) in [5.41, 5.74) is 6.54. The summed E-state index contributed by atoms with van der Waals surface area (Å²) in [6.07, 6.45) is 1.60. The van der Waals surface area contributed by atoms with Gasteiger partial charge in [-0.3, -0.25) is 5.43 Å². The molecule has 7 heteroatoms. The summed E-state index contributed by atoms with van der Waals surface area (Å²) in [4.78, 5) is 6.71. The molecule has 140 valence electrons. The minimum atomic E-state index is 0.208. The minimum Gasteiger partial charge on any atom is -0.507 e. The van der Waals surface area contributed by atoms with Crippen molar-refractivity contribution in [2.75, 3.05) is 23.4 Å². The molecule has 0 saturated carbocycles. The average molecular weight is 445 g/mol. The van der Waals surface area contributed by atoms with Crippen molar-refractivity contribution < 1.29 is 5.11 Å². The van der Waals surface area contributed by atoms with Gasteiger partial charge in [0, 0.05) is 45.8 Å². The second-order valence-electron chi connectivity index (χ2n) is 5.83. The Bertz CT molecular complexity index is 920. The summed E-state index contributed by atoms with van der Waals surface area (Å²) in [6.45, 7) is 5.98. The van der Waals surface area contributed by atoms with Gasteiger partial charge in [0.1, 0.15) is 5.75 Å². The first-order valence-corrected chi connectivity index (χ1v) is 10.4. The number of benzene rings is 2. The Kier molecular flexibility index (Phi) is 6.47. The van der Waals surface area contributed by atoms with Crippen LogP contribution >= 0.6 is 27.3 Å². The van der Waals surface area contributed by atoms with Crippen molar-refractivity contribution in [2.24, 2.45) is 5.10 Å². The van der Waals surface area contributed by atoms with Crippen molar-refractivity contribution in [3.8, 4) is 17.0 Å². The van der Waals surface area contributed by atoms with Gasteiger partial charge in [-0.05, 0) is 38.1 Å². The average Bonchev–Trinajstić information content (AvgIpc) is 3.14. The Balaban J connectivity index is 1.66. The smallest absolute Gasteiger partial charge is 0.203 e. The zero-order valence-corrected chi connectivity index (χ0v) is 17.6. The predicted octanol–water partition coefficient (Wildman–Crippen LogP) is 5.57. The number of rotatable bonds is 7. The molecule has 0 atom stereocenters. The molecule has 5 nitrogen and oxygen atoms in total. The molecule has 0 fully saturated rings. The first-order chi connectivity index (χ1) is 13.1. The molecular formula is C20H21BrN4OS. The molecule has 3 rings (SSSR count). The maximum Gasteiger partial charge on any atom is 0.203 e. The summed E-state index contributed by atoms with van der Waals surface area (Å²) in [6, 6.07) is 13.6. The van der Waals surface area contributed by atoms with Gasteiger partial charge in [-0.2, -0.15) is 5.10 Å². The minimum absolute atomic E-state index is 0.208. The number of halogens is 1. The number of hydrogen-bond donors (Lipinski definition) is 2. The van der Waals surface area contributed by atoms with Gasteiger partial charge >= 0.3 is 0 Å². The fourth-order valence-corrected chi connectivity index (χ4v) is 3.59. The lowest BCUT2D eigenvalue weighted by atomic mass is 10.2. The monoisotopic (exact) mass is 444 g/mol. The number of thiazole rings is 1. The Morgan fingerprint density at radius 2 is 1.93 bits per heavy atom. The van der Waals surface area contributed by atoms with E-state index in [2.05, 4.69) is 50.2 Å². The van der Waals surface area contributed by atoms with Gasteiger partial charge in [-0.15, -0.1) is 11.3 Å². The van der Waals surface area contributed by atoms with Crippen LogP contribution < -0.4 is 10.3 Å². The highest BCUT2D eigenvalue weighted by atomic mass is 79.9. The number of anilines is 2. The van der Waals surface area contributed by atoms with Crippen LogP contribution in [0.2, 0.25) is 0 Å². The first-order valence-electron chi connectivity index (χ1n) is 8.69. The van der Waals surface area contributed by atoms with E-state index in [1.54, 1.807) is 12.3 Å². The molecule has 0 aliphatic heterocycles. The van der Waals surface area contributed by atoms with Crippen LogP contribution in [0.5, 0.6) is 5.75 Å². The van der Waals surface area contributed by atoms with Gasteiger partial charge in [-0.1, -0.05) is 28.1 Å². The van der Waals surface area contributed by atoms with E-state index in [0.29, 0.717) is 10.7 Å². The molecule has 0 radical (unpaired) electrons. The molecule has 27 heavy (non-hydrogen) atoms. The topological polar surface area (TPSA) is 60.8 Å². The fraction of sp³-hybridized carbons (Fsp3) is 0.200. The van der Waals surface area contributed by atoms with E-state index in [0.717, 1.165) is 34.5 Å². The second-order valence-corrected chi connectivity index (χ2v) is 7.60. The van der Waals surface area contributed by atoms with Gasteiger partial charge in [0.05, 0.1) is 11.9 Å². The van der Waals surface area contributed by atoms with Crippen LogP contribution in [0.1, 0.15) is 19.4 Å². The number of hydrazone groups is 1. The van der Waals surface area contributed by atoms with Crippen LogP contribution in [0.4, 0.5) is 10.8 Å². The lowest BCUT2D eigenvalue weighted by Crippen LogP contribution is -2.21. The van der Waals surface area contributed by atoms with Crippen LogP contribution in [0, 0.1) is 0 Å². The summed E-state index contributed by atoms with van der Waals surface area (Å²) in [5.74, 6) is 0.208. The lowest BCUT2D eigenvalue weighted by molar-refractivity contribution is 0.474. The molecular weight excluding hydrogens is 424 g/mol. The van der Waals surface area contributed by atoms with Gasteiger partial charge < -0.3 is 10.0 Å². The summed E-state index contributed by atoms with van der Waals surface area (Å²) >= 11 is 4.92. The quantitative estimate of drug-likeness (QED) is 0.369. The molecule has 0 saturated heterocycles. The number of phenolic OH excluding ortho intramolecular Hbond substituents is 1. The van der Waals surface area contributed by atoms with Gasteiger partial charge in [0.15, 0.2) is 0 Å². The third-order valence-electron chi connectivity index (χ3n) is 4.15. The van der Waals surface area contributed by atoms with Crippen molar-refractivity contribution in [1.29, 1.82) is 0 Å². The number of nitrogens with one attached hydrogen (secondary N) is 1. The normalized spacial score (nSPS) is 11.1. The maximum absolute atomic E-state index is 10.2. The Morgan fingerprint density at radius 3 is 2.59 bits per heavy atom. The van der Waals surface area contributed by atoms with E-state index < -0.39 is 0 Å². The van der Waals surface area contributed by atoms with Crippen molar-refractivity contribution in [3.05, 3.63) is 57.9 Å². The van der Waals surface area contributed by atoms with E-state index in [9.17, 15) is 5.11 Å². The second kappa shape index (κ2) is 9.01. The highest BCUT2D eigenvalue weighted by Gasteiger charge is 2.06. The number of phenols is 1. The molecule has 0 bridgehead atoms. The van der Waals surface area contributed by atoms with E-state index in [1.807, 2.05) is 41.8 Å². The number of nitrogens with zero attached hydrogens (tertiary/aromatic N) is 3. The van der Waals surface area contributed by atoms with Crippen LogP contribution in [0.3, 0.4) is 0 Å². The van der Waals surface area contributed by atoms with E-state index in [-0.39, 0.29) is 5.75 Å². The summed E-state index contributed by atoms with van der Waals surface area (Å²) < 4.78 is 1.04. The third kappa shape index (κ3) is 4.87. The standard InChI is InChI=1S/C20H21BrN4OS/c1-3-25(4-2)17-10-7-15(19(26)11-17)12-22-24-20-23-18(13-27-20)14-5-8-16(21)9-6-14/h5-13,26H,3-4H2,1-2H3,(H,23,24)/b22-12+. The van der Waals surface area contributed by atoms with E-state index in [1.165, 1.54) is 11.3 Å². The van der Waals surface area contributed by atoms with Crippen molar-refractivity contribution >= 4 is 44.3 Å². The van der Waals surface area contributed by atoms with Crippen molar-refractivity contribution in [1.82, 2.24) is 4.98 Å². The Labute approximate surface area is 171 Å². The zero-order valence-electron chi connectivity index (χ0n) is 15.2. The number of aromatic hydroxyl groups is 1. The lowest BCUT2D eigenvalue weighted by Gasteiger charge is -2.21. The van der Waals surface area contributed by atoms with Crippen LogP contribution in [0.15, 0.2) is 57.4 Å². The number of aromatic nitrogens is 1. The third-order valence-corrected chi connectivity index (χ3v) is 5.43. The first kappa shape index (κ1) is 19.4. The molecule has 0 aliphatic rings. The molecule has 0 spiro atoms. The van der Waals surface area contributed by atoms with Crippen LogP contribution in [0.25, 0.3) is 11.3 Å². The van der Waals surface area contributed by atoms with Crippen molar-refractivity contribution in [2.45, 2.75) is 13.8 Å². The highest BCUT2D eigenvalue weighted by Crippen LogP contribution is 2.26. The largest absolute Gasteiger partial charge is 0.507 e. The van der Waals surface area contributed by atoms with E-state index in [4.69, 9.17) is 0 Å². The van der Waals surface area contributed by atoms with E-state index >= 15 is 0 Å². The maximum atomic E-state index is 10.2. The fourth-order valence-electron chi connectivity index (χ4n) is 2.66. The van der Waals surface area contributed by atoms with Crippen LogP contribution in [-0.2, 0) is 0 Å². The van der Waals surface area contributed by atoms with Gasteiger partial charge in [-0.25, -0.2) is 4.98 Å². The number of hydrogen-bond acceptors (Lipinski definition) is 6. The molecule has 0 aliphatic carbocycles. The molecule has 1 heterocycles. The van der Waals surface area contributed by atoms with Gasteiger partial charge in [0.25, 0.3) is 0 Å². The molecule has 2 aromatic carbocycles. The molecule has 0 amide bonds. The summed E-state index contributed by atoms with van der Waals surface area (Å²) in [5, 5.41) is 17.1.